The van der Waals surface area contributed by atoms with E-state index in [1.165, 1.54) is 0 Å². The molecule has 118 valence electrons. The summed E-state index contributed by atoms with van der Waals surface area (Å²) >= 11 is 0. The van der Waals surface area contributed by atoms with E-state index in [4.69, 9.17) is 14.2 Å². The second-order valence-electron chi connectivity index (χ2n) is 4.48. The molecule has 0 rings (SSSR count). The Balaban J connectivity index is 0. The van der Waals surface area contributed by atoms with E-state index in [2.05, 4.69) is 14.1 Å². The van der Waals surface area contributed by atoms with Gasteiger partial charge in [0, 0.05) is 14.2 Å². The third-order valence-corrected chi connectivity index (χ3v) is 2.17. The Morgan fingerprint density at radius 2 is 1.21 bits per heavy atom. The lowest BCUT2D eigenvalue weighted by Crippen LogP contribution is -2.44. The molecule has 0 atom stereocenters. The molecule has 0 N–H and O–H groups in total. The Hall–Kier alpha value is -0.375. The number of rotatable bonds is 9. The molecule has 0 unspecified atom stereocenters. The van der Waals surface area contributed by atoms with E-state index >= 15 is 0 Å². The smallest absolute Gasteiger partial charge is 0.418 e. The Labute approximate surface area is 112 Å². The monoisotopic (exact) mass is 293 g/mol. The SMILES string of the molecule is COCCOCC[N+](C)(C)CCOC.F[B-](F)(F)F. The summed E-state index contributed by atoms with van der Waals surface area (Å²) in [6.07, 6.45) is 0. The lowest BCUT2D eigenvalue weighted by molar-refractivity contribution is -0.891. The van der Waals surface area contributed by atoms with Gasteiger partial charge < -0.3 is 36.0 Å². The molecule has 0 aliphatic heterocycles. The summed E-state index contributed by atoms with van der Waals surface area (Å²) in [6, 6.07) is 0. The predicted molar refractivity (Wildman–Crippen MR) is 66.6 cm³/mol. The van der Waals surface area contributed by atoms with E-state index in [9.17, 15) is 17.3 Å². The number of hydrogen-bond acceptors (Lipinski definition) is 3. The van der Waals surface area contributed by atoms with Crippen LogP contribution in [0.1, 0.15) is 0 Å². The van der Waals surface area contributed by atoms with Crippen molar-refractivity contribution in [3.05, 3.63) is 0 Å². The van der Waals surface area contributed by atoms with E-state index in [-0.39, 0.29) is 0 Å². The molecule has 19 heavy (non-hydrogen) atoms. The van der Waals surface area contributed by atoms with Gasteiger partial charge in [-0.15, -0.1) is 0 Å². The number of quaternary nitrogens is 1. The minimum absolute atomic E-state index is 0.672. The van der Waals surface area contributed by atoms with Crippen LogP contribution in [0.4, 0.5) is 17.3 Å². The maximum Gasteiger partial charge on any atom is 0.673 e. The van der Waals surface area contributed by atoms with Gasteiger partial charge >= 0.3 is 7.25 Å². The average molecular weight is 293 g/mol. The number of ether oxygens (including phenoxy) is 3. The van der Waals surface area contributed by atoms with Gasteiger partial charge in [-0.05, 0) is 0 Å². The van der Waals surface area contributed by atoms with Crippen LogP contribution < -0.4 is 0 Å². The van der Waals surface area contributed by atoms with E-state index < -0.39 is 7.25 Å². The topological polar surface area (TPSA) is 27.7 Å². The van der Waals surface area contributed by atoms with Gasteiger partial charge in [0.1, 0.15) is 13.1 Å². The Morgan fingerprint density at radius 3 is 1.63 bits per heavy atom. The molecule has 9 heteroatoms. The van der Waals surface area contributed by atoms with Gasteiger partial charge in [-0.2, -0.15) is 0 Å². The van der Waals surface area contributed by atoms with E-state index in [1.807, 2.05) is 0 Å². The van der Waals surface area contributed by atoms with Crippen molar-refractivity contribution in [1.29, 1.82) is 0 Å². The minimum atomic E-state index is -6.00. The summed E-state index contributed by atoms with van der Waals surface area (Å²) in [6.45, 7) is 4.95. The maximum atomic E-state index is 9.75. The first-order chi connectivity index (χ1) is 8.62. The molecule has 0 aromatic rings. The number of nitrogens with zero attached hydrogens (tertiary/aromatic N) is 1. The highest BCUT2D eigenvalue weighted by Gasteiger charge is 2.20. The molecule has 0 bridgehead atoms. The Kier molecular flexibility index (Phi) is 12.6. The van der Waals surface area contributed by atoms with Gasteiger partial charge in [0.2, 0.25) is 0 Å². The van der Waals surface area contributed by atoms with Crippen molar-refractivity contribution in [3.63, 3.8) is 0 Å². The van der Waals surface area contributed by atoms with Crippen LogP contribution in [0.3, 0.4) is 0 Å². The first-order valence-corrected chi connectivity index (χ1v) is 5.87. The fourth-order valence-electron chi connectivity index (χ4n) is 1.01. The highest BCUT2D eigenvalue weighted by molar-refractivity contribution is 6.50. The number of halogens is 4. The molecule has 0 saturated carbocycles. The molecule has 0 aromatic carbocycles. The van der Waals surface area contributed by atoms with Crippen molar-refractivity contribution in [3.8, 4) is 0 Å². The van der Waals surface area contributed by atoms with E-state index in [0.717, 1.165) is 30.8 Å². The molecule has 0 heterocycles. The second-order valence-corrected chi connectivity index (χ2v) is 4.48. The van der Waals surface area contributed by atoms with Crippen molar-refractivity contribution < 1.29 is 36.0 Å². The molecular weight excluding hydrogens is 269 g/mol. The summed E-state index contributed by atoms with van der Waals surface area (Å²) in [4.78, 5) is 0. The largest absolute Gasteiger partial charge is 0.673 e. The van der Waals surface area contributed by atoms with Gasteiger partial charge in [-0.1, -0.05) is 0 Å². The summed E-state index contributed by atoms with van der Waals surface area (Å²) in [5.41, 5.74) is 0. The zero-order chi connectivity index (χ0) is 15.4. The van der Waals surface area contributed by atoms with E-state index in [0.29, 0.717) is 13.2 Å². The van der Waals surface area contributed by atoms with Gasteiger partial charge in [-0.3, -0.25) is 0 Å². The second kappa shape index (κ2) is 11.5. The van der Waals surface area contributed by atoms with Gasteiger partial charge in [-0.25, -0.2) is 0 Å². The molecule has 0 aliphatic carbocycles. The summed E-state index contributed by atoms with van der Waals surface area (Å²) in [7, 11) is 1.77. The van der Waals surface area contributed by atoms with Crippen molar-refractivity contribution >= 4 is 7.25 Å². The fourth-order valence-corrected chi connectivity index (χ4v) is 1.01. The number of methoxy groups -OCH3 is 2. The maximum absolute atomic E-state index is 9.75. The minimum Gasteiger partial charge on any atom is -0.418 e. The molecule has 0 aromatic heterocycles. The van der Waals surface area contributed by atoms with Gasteiger partial charge in [0.25, 0.3) is 0 Å². The zero-order valence-corrected chi connectivity index (χ0v) is 12.0. The molecule has 0 aliphatic rings. The van der Waals surface area contributed by atoms with Crippen molar-refractivity contribution in [2.75, 3.05) is 67.8 Å². The molecular formula is C10H24BF4NO3. The third kappa shape index (κ3) is 27.0. The van der Waals surface area contributed by atoms with Crippen LogP contribution in [-0.2, 0) is 14.2 Å². The quantitative estimate of drug-likeness (QED) is 0.280. The molecule has 0 fully saturated rings. The molecule has 0 amide bonds. The predicted octanol–water partition coefficient (Wildman–Crippen LogP) is 1.67. The first kappa shape index (κ1) is 20.9. The van der Waals surface area contributed by atoms with Crippen molar-refractivity contribution in [1.82, 2.24) is 0 Å². The third-order valence-electron chi connectivity index (χ3n) is 2.17. The van der Waals surface area contributed by atoms with Crippen molar-refractivity contribution in [2.45, 2.75) is 0 Å². The molecule has 4 nitrogen and oxygen atoms in total. The summed E-state index contributed by atoms with van der Waals surface area (Å²) < 4.78 is 55.3. The zero-order valence-electron chi connectivity index (χ0n) is 12.0. The molecule has 0 radical (unpaired) electrons. The van der Waals surface area contributed by atoms with Gasteiger partial charge in [0.05, 0.1) is 40.5 Å². The lowest BCUT2D eigenvalue weighted by Gasteiger charge is -2.29. The fraction of sp³-hybridized carbons (Fsp3) is 1.00. The van der Waals surface area contributed by atoms with Crippen molar-refractivity contribution in [2.24, 2.45) is 0 Å². The lowest BCUT2D eigenvalue weighted by atomic mass is 10.3. The standard InChI is InChI=1S/C10H24NO3.BF4/c1-11(2,5-7-12-3)6-8-14-10-9-13-4;2-1(3,4)5/h5-10H2,1-4H3;/q+1;-1. The first-order valence-electron chi connectivity index (χ1n) is 5.87. The summed E-state index contributed by atoms with van der Waals surface area (Å²) in [5, 5.41) is 0. The summed E-state index contributed by atoms with van der Waals surface area (Å²) in [5.74, 6) is 0. The highest BCUT2D eigenvalue weighted by atomic mass is 19.5. The average Bonchev–Trinajstić information content (AvgIpc) is 2.24. The Morgan fingerprint density at radius 1 is 0.789 bits per heavy atom. The molecule has 0 spiro atoms. The van der Waals surface area contributed by atoms with Crippen LogP contribution in [0.25, 0.3) is 0 Å². The number of likely N-dealkylation sites (N-methyl/N-ethyl adjacent to an activating group) is 1. The Bertz CT molecular complexity index is 200. The normalized spacial score (nSPS) is 12.0. The van der Waals surface area contributed by atoms with Crippen LogP contribution >= 0.6 is 0 Å². The van der Waals surface area contributed by atoms with Crippen LogP contribution in [0.15, 0.2) is 0 Å². The van der Waals surface area contributed by atoms with Crippen LogP contribution in [0.2, 0.25) is 0 Å². The van der Waals surface area contributed by atoms with Crippen LogP contribution in [0.5, 0.6) is 0 Å². The highest BCUT2D eigenvalue weighted by Crippen LogP contribution is 2.06. The number of hydrogen-bond donors (Lipinski definition) is 0. The van der Waals surface area contributed by atoms with E-state index in [1.54, 1.807) is 14.2 Å². The van der Waals surface area contributed by atoms with Gasteiger partial charge in [0.15, 0.2) is 0 Å². The molecule has 0 saturated heterocycles. The van der Waals surface area contributed by atoms with Crippen LogP contribution in [-0.4, -0.2) is 79.6 Å². The van der Waals surface area contributed by atoms with Crippen LogP contribution in [0, 0.1) is 0 Å².